The second-order valence-corrected chi connectivity index (χ2v) is 18.0. The zero-order valence-corrected chi connectivity index (χ0v) is 39.1. The number of carboxylic acid groups (broad SMARTS) is 1. The lowest BCUT2D eigenvalue weighted by molar-refractivity contribution is -0.139. The quantitative estimate of drug-likeness (QED) is 0.0815. The maximum absolute atomic E-state index is 13.4. The third-order valence-corrected chi connectivity index (χ3v) is 13.3. The van der Waals surface area contributed by atoms with Gasteiger partial charge in [0.05, 0.1) is 52.9 Å². The van der Waals surface area contributed by atoms with E-state index in [-0.39, 0.29) is 12.0 Å². The minimum atomic E-state index is -1.11. The minimum absolute atomic E-state index is 0.258. The topological polar surface area (TPSA) is 150 Å². The Balaban J connectivity index is 1.37. The standard InChI is InChI=1S/C51H36Cl6N6O3/c52-28-6-3-7-29(53)44(28)47-36-19-17-34(59-36)43(26-13-15-27(16-14-26)50(64)63-42(51(65)66)12-1-2-25-58)35-18-20-37(60-35)48(45-30(54)8-4-9-31(45)55)39-22-24-41(62-39)49(40-23-21-38(47)61-40)46-32(56)10-5-11-33(46)57/h3-11,13-24,42,59-60H,1-2,12,25,58H2,(H,63,64)(H,65,66)/t42-/m0/s1. The molecule has 2 aliphatic heterocycles. The van der Waals surface area contributed by atoms with Gasteiger partial charge in [0.15, 0.2) is 0 Å². The highest BCUT2D eigenvalue weighted by molar-refractivity contribution is 6.41. The van der Waals surface area contributed by atoms with Crippen molar-refractivity contribution < 1.29 is 14.7 Å². The van der Waals surface area contributed by atoms with Crippen LogP contribution in [-0.4, -0.2) is 49.5 Å². The lowest BCUT2D eigenvalue weighted by Crippen LogP contribution is -2.40. The lowest BCUT2D eigenvalue weighted by Gasteiger charge is -2.14. The van der Waals surface area contributed by atoms with E-state index in [1.54, 1.807) is 66.7 Å². The molecule has 0 radical (unpaired) electrons. The van der Waals surface area contributed by atoms with E-state index >= 15 is 0 Å². The van der Waals surface area contributed by atoms with Crippen LogP contribution >= 0.6 is 69.6 Å². The highest BCUT2D eigenvalue weighted by Gasteiger charge is 2.25. The smallest absolute Gasteiger partial charge is 0.326 e. The van der Waals surface area contributed by atoms with Crippen LogP contribution in [0.1, 0.15) is 52.4 Å². The summed E-state index contributed by atoms with van der Waals surface area (Å²) in [6, 6.07) is 29.6. The zero-order chi connectivity index (χ0) is 46.2. The molecule has 15 heteroatoms. The Kier molecular flexibility index (Phi) is 13.1. The molecule has 330 valence electrons. The molecule has 0 fully saturated rings. The van der Waals surface area contributed by atoms with E-state index in [9.17, 15) is 14.7 Å². The SMILES string of the molecule is NCCCC[C@H](NC(=O)c1ccc(-c2c3ccc([nH]3)c(-c3c(Cl)cccc3Cl)c3nc(c(-c4c(Cl)cccc4Cl)c4nc(c(-c5c(Cl)cccc5Cl)c5ccc2[nH]5)C=C4)C=C3)cc1)C(=O)O. The van der Waals surface area contributed by atoms with Crippen LogP contribution in [0.2, 0.25) is 30.1 Å². The van der Waals surface area contributed by atoms with Crippen LogP contribution in [0.25, 0.3) is 90.9 Å². The molecule has 0 aliphatic carbocycles. The summed E-state index contributed by atoms with van der Waals surface area (Å²) in [5.74, 6) is -1.63. The fraction of sp³-hybridized carbons (Fsp3) is 0.0980. The molecule has 0 saturated carbocycles. The molecule has 66 heavy (non-hydrogen) atoms. The fourth-order valence-electron chi connectivity index (χ4n) is 8.29. The third kappa shape index (κ3) is 8.76. The van der Waals surface area contributed by atoms with Gasteiger partial charge >= 0.3 is 5.97 Å². The number of carbonyl (C=O) groups is 2. The van der Waals surface area contributed by atoms with Crippen molar-refractivity contribution in [3.8, 4) is 44.5 Å². The molecule has 1 amide bonds. The Morgan fingerprint density at radius 1 is 0.515 bits per heavy atom. The summed E-state index contributed by atoms with van der Waals surface area (Å²) in [4.78, 5) is 43.3. The molecule has 0 unspecified atom stereocenters. The first kappa shape index (κ1) is 45.3. The summed E-state index contributed by atoms with van der Waals surface area (Å²) >= 11 is 41.9. The van der Waals surface area contributed by atoms with Crippen molar-refractivity contribution in [2.24, 2.45) is 5.73 Å². The zero-order valence-electron chi connectivity index (χ0n) is 34.5. The molecule has 4 aromatic carbocycles. The molecule has 1 atom stereocenters. The summed E-state index contributed by atoms with van der Waals surface area (Å²) in [5, 5.41) is 14.9. The molecule has 2 aliphatic rings. The number of unbranched alkanes of at least 4 members (excludes halogenated alkanes) is 1. The summed E-state index contributed by atoms with van der Waals surface area (Å²) in [5.41, 5.74) is 15.7. The van der Waals surface area contributed by atoms with Crippen molar-refractivity contribution in [3.05, 3.63) is 162 Å². The van der Waals surface area contributed by atoms with E-state index in [0.29, 0.717) is 128 Å². The predicted octanol–water partition coefficient (Wildman–Crippen LogP) is 14.6. The van der Waals surface area contributed by atoms with Crippen LogP contribution in [0.5, 0.6) is 0 Å². The molecule has 5 heterocycles. The predicted molar refractivity (Wildman–Crippen MR) is 272 cm³/mol. The van der Waals surface area contributed by atoms with Crippen molar-refractivity contribution in [1.29, 1.82) is 0 Å². The number of hydrogen-bond acceptors (Lipinski definition) is 5. The number of carboxylic acids is 1. The van der Waals surface area contributed by atoms with Gasteiger partial charge in [-0.15, -0.1) is 0 Å². The number of aromatic nitrogens is 4. The second kappa shape index (κ2) is 19.1. The number of rotatable bonds is 11. The molecule has 0 spiro atoms. The summed E-state index contributed by atoms with van der Waals surface area (Å²) in [7, 11) is 0. The van der Waals surface area contributed by atoms with Gasteiger partial charge in [0.1, 0.15) is 6.04 Å². The average Bonchev–Trinajstić information content (AvgIpc) is 4.14. The number of halogens is 6. The van der Waals surface area contributed by atoms with Crippen molar-refractivity contribution in [1.82, 2.24) is 25.3 Å². The van der Waals surface area contributed by atoms with Crippen LogP contribution in [-0.2, 0) is 4.79 Å². The lowest BCUT2D eigenvalue weighted by atomic mass is 10.0. The number of aliphatic carboxylic acids is 1. The largest absolute Gasteiger partial charge is 0.480 e. The second-order valence-electron chi connectivity index (χ2n) is 15.5. The summed E-state index contributed by atoms with van der Waals surface area (Å²) < 4.78 is 0. The maximum atomic E-state index is 13.4. The first-order valence-corrected chi connectivity index (χ1v) is 23.0. The third-order valence-electron chi connectivity index (χ3n) is 11.4. The molecule has 9 nitrogen and oxygen atoms in total. The van der Waals surface area contributed by atoms with Gasteiger partial charge in [-0.2, -0.15) is 0 Å². The number of benzene rings is 4. The minimum Gasteiger partial charge on any atom is -0.480 e. The van der Waals surface area contributed by atoms with Gasteiger partial charge in [-0.25, -0.2) is 14.8 Å². The molecule has 7 aromatic rings. The van der Waals surface area contributed by atoms with E-state index in [2.05, 4.69) is 15.3 Å². The van der Waals surface area contributed by atoms with Crippen LogP contribution < -0.4 is 11.1 Å². The Labute approximate surface area is 408 Å². The van der Waals surface area contributed by atoms with Gasteiger partial charge in [0, 0.05) is 66.6 Å². The molecular weight excluding hydrogens is 957 g/mol. The molecular formula is C51H36Cl6N6O3. The normalized spacial score (nSPS) is 12.4. The van der Waals surface area contributed by atoms with Crippen molar-refractivity contribution in [2.75, 3.05) is 6.54 Å². The Morgan fingerprint density at radius 2 is 0.894 bits per heavy atom. The first-order valence-electron chi connectivity index (χ1n) is 20.8. The van der Waals surface area contributed by atoms with Crippen molar-refractivity contribution in [2.45, 2.75) is 25.3 Å². The molecule has 6 N–H and O–H groups in total. The van der Waals surface area contributed by atoms with E-state index in [1.807, 2.05) is 60.7 Å². The number of carbonyl (C=O) groups excluding carboxylic acids is 1. The van der Waals surface area contributed by atoms with Gasteiger partial charge < -0.3 is 26.1 Å². The molecule has 0 saturated heterocycles. The van der Waals surface area contributed by atoms with Gasteiger partial charge in [-0.1, -0.05) is 99.9 Å². The first-order chi connectivity index (χ1) is 31.9. The average molecular weight is 994 g/mol. The Bertz CT molecular complexity index is 3130. The van der Waals surface area contributed by atoms with Crippen molar-refractivity contribution in [3.63, 3.8) is 0 Å². The molecule has 9 rings (SSSR count). The van der Waals surface area contributed by atoms with Crippen LogP contribution in [0.15, 0.2) is 103 Å². The Hall–Kier alpha value is -5.88. The maximum Gasteiger partial charge on any atom is 0.326 e. The number of H-pyrrole nitrogens is 2. The highest BCUT2D eigenvalue weighted by Crippen LogP contribution is 2.45. The number of amides is 1. The van der Waals surface area contributed by atoms with E-state index < -0.39 is 17.9 Å². The number of aromatic amines is 2. The number of nitrogens with zero attached hydrogens (tertiary/aromatic N) is 2. The van der Waals surface area contributed by atoms with Gasteiger partial charge in [-0.05, 0) is 128 Å². The fourth-order valence-corrected chi connectivity index (χ4v) is 10.0. The highest BCUT2D eigenvalue weighted by atomic mass is 35.5. The number of nitrogens with two attached hydrogens (primary N) is 1. The number of nitrogens with one attached hydrogen (secondary N) is 3. The molecule has 3 aromatic heterocycles. The van der Waals surface area contributed by atoms with Gasteiger partial charge in [0.2, 0.25) is 0 Å². The summed E-state index contributed by atoms with van der Waals surface area (Å²) in [6.07, 6.45) is 9.00. The monoisotopic (exact) mass is 990 g/mol. The van der Waals surface area contributed by atoms with Gasteiger partial charge in [-0.3, -0.25) is 4.79 Å². The van der Waals surface area contributed by atoms with Gasteiger partial charge in [0.25, 0.3) is 5.91 Å². The number of fused-ring (bicyclic) bond motifs is 8. The summed E-state index contributed by atoms with van der Waals surface area (Å²) in [6.45, 7) is 0.432. The van der Waals surface area contributed by atoms with E-state index in [1.165, 1.54) is 0 Å². The van der Waals surface area contributed by atoms with Crippen LogP contribution in [0.4, 0.5) is 0 Å². The van der Waals surface area contributed by atoms with Crippen molar-refractivity contribution >= 4 is 128 Å². The number of hydrogen-bond donors (Lipinski definition) is 5. The van der Waals surface area contributed by atoms with Crippen LogP contribution in [0, 0.1) is 0 Å². The van der Waals surface area contributed by atoms with Crippen LogP contribution in [0.3, 0.4) is 0 Å². The molecule has 8 bridgehead atoms. The van der Waals surface area contributed by atoms with E-state index in [0.717, 1.165) is 11.1 Å². The van der Waals surface area contributed by atoms with E-state index in [4.69, 9.17) is 85.3 Å². The Morgan fingerprint density at radius 3 is 1.29 bits per heavy atom.